The molecular formula is C9H19NO2. The number of likely N-dealkylation sites (N-methyl/N-ethyl adjacent to an activating group) is 1. The molecule has 12 heavy (non-hydrogen) atoms. The molecule has 0 aromatic rings. The summed E-state index contributed by atoms with van der Waals surface area (Å²) in [5.41, 5.74) is 0. The Morgan fingerprint density at radius 3 is 2.42 bits per heavy atom. The number of hydrogen-bond donors (Lipinski definition) is 1. The lowest BCUT2D eigenvalue weighted by Gasteiger charge is -2.40. The van der Waals surface area contributed by atoms with Gasteiger partial charge in [-0.05, 0) is 34.4 Å². The molecule has 0 bridgehead atoms. The predicted molar refractivity (Wildman–Crippen MR) is 48.1 cm³/mol. The lowest BCUT2D eigenvalue weighted by atomic mass is 9.96. The molecule has 1 aliphatic heterocycles. The Morgan fingerprint density at radius 1 is 1.33 bits per heavy atom. The molecular weight excluding hydrogens is 154 g/mol. The highest BCUT2D eigenvalue weighted by atomic mass is 16.5. The van der Waals surface area contributed by atoms with Crippen molar-refractivity contribution in [2.45, 2.75) is 44.6 Å². The van der Waals surface area contributed by atoms with Crippen LogP contribution in [0.5, 0.6) is 0 Å². The summed E-state index contributed by atoms with van der Waals surface area (Å²) in [5, 5.41) is 9.76. The highest BCUT2D eigenvalue weighted by molar-refractivity contribution is 4.86. The Kier molecular flexibility index (Phi) is 3.09. The molecule has 1 rings (SSSR count). The van der Waals surface area contributed by atoms with E-state index in [9.17, 15) is 5.11 Å². The molecule has 4 atom stereocenters. The van der Waals surface area contributed by atoms with Gasteiger partial charge in [-0.15, -0.1) is 0 Å². The first-order chi connectivity index (χ1) is 5.52. The molecule has 1 N–H and O–H groups in total. The summed E-state index contributed by atoms with van der Waals surface area (Å²) >= 11 is 0. The Balaban J connectivity index is 2.60. The van der Waals surface area contributed by atoms with Crippen molar-refractivity contribution < 1.29 is 9.84 Å². The van der Waals surface area contributed by atoms with Gasteiger partial charge in [0, 0.05) is 6.04 Å². The highest BCUT2D eigenvalue weighted by Gasteiger charge is 2.34. The molecule has 0 amide bonds. The van der Waals surface area contributed by atoms with Crippen molar-refractivity contribution in [1.29, 1.82) is 0 Å². The second-order valence-corrected chi connectivity index (χ2v) is 3.91. The van der Waals surface area contributed by atoms with Crippen LogP contribution in [0.15, 0.2) is 0 Å². The predicted octanol–water partition coefficient (Wildman–Crippen LogP) is 0.475. The van der Waals surface area contributed by atoms with E-state index in [1.165, 1.54) is 0 Å². The third kappa shape index (κ3) is 1.97. The van der Waals surface area contributed by atoms with Crippen LogP contribution in [0.2, 0.25) is 0 Å². The monoisotopic (exact) mass is 173 g/mol. The number of aliphatic hydroxyl groups excluding tert-OH is 1. The number of nitrogens with zero attached hydrogens (tertiary/aromatic N) is 1. The van der Waals surface area contributed by atoms with Crippen LogP contribution in [-0.2, 0) is 4.74 Å². The SMILES string of the molecule is CC1O[C@H](C)C[C@H](N(C)C)C1O. The minimum Gasteiger partial charge on any atom is -0.389 e. The Labute approximate surface area is 74.3 Å². The Hall–Kier alpha value is -0.120. The molecule has 0 saturated carbocycles. The smallest absolute Gasteiger partial charge is 0.0954 e. The van der Waals surface area contributed by atoms with Crippen molar-refractivity contribution >= 4 is 0 Å². The van der Waals surface area contributed by atoms with E-state index >= 15 is 0 Å². The third-order valence-corrected chi connectivity index (χ3v) is 2.56. The van der Waals surface area contributed by atoms with Crippen LogP contribution in [-0.4, -0.2) is 48.5 Å². The second kappa shape index (κ2) is 3.73. The van der Waals surface area contributed by atoms with Gasteiger partial charge in [-0.2, -0.15) is 0 Å². The molecule has 3 heteroatoms. The fourth-order valence-electron chi connectivity index (χ4n) is 1.81. The van der Waals surface area contributed by atoms with Gasteiger partial charge < -0.3 is 14.7 Å². The summed E-state index contributed by atoms with van der Waals surface area (Å²) < 4.78 is 5.50. The van der Waals surface area contributed by atoms with Gasteiger partial charge in [-0.1, -0.05) is 0 Å². The number of aliphatic hydroxyl groups is 1. The van der Waals surface area contributed by atoms with Gasteiger partial charge >= 0.3 is 0 Å². The molecule has 0 aromatic carbocycles. The molecule has 0 aromatic heterocycles. The van der Waals surface area contributed by atoms with Crippen molar-refractivity contribution in [3.05, 3.63) is 0 Å². The van der Waals surface area contributed by atoms with E-state index in [2.05, 4.69) is 11.8 Å². The minimum atomic E-state index is -0.351. The van der Waals surface area contributed by atoms with Crippen LogP contribution < -0.4 is 0 Å². The van der Waals surface area contributed by atoms with Gasteiger partial charge in [0.05, 0.1) is 18.3 Å². The third-order valence-electron chi connectivity index (χ3n) is 2.56. The van der Waals surface area contributed by atoms with E-state index in [0.29, 0.717) is 0 Å². The normalized spacial score (nSPS) is 43.5. The van der Waals surface area contributed by atoms with Crippen LogP contribution >= 0.6 is 0 Å². The van der Waals surface area contributed by atoms with Crippen molar-refractivity contribution in [3.63, 3.8) is 0 Å². The molecule has 1 fully saturated rings. The molecule has 0 aliphatic carbocycles. The first-order valence-corrected chi connectivity index (χ1v) is 4.52. The van der Waals surface area contributed by atoms with E-state index in [-0.39, 0.29) is 24.4 Å². The van der Waals surface area contributed by atoms with E-state index in [1.54, 1.807) is 0 Å². The maximum absolute atomic E-state index is 9.76. The standard InChI is InChI=1S/C9H19NO2/c1-6-5-8(10(3)4)9(11)7(2)12-6/h6-9,11H,5H2,1-4H3/t6-,7?,8+,9?/m1/s1. The fourth-order valence-corrected chi connectivity index (χ4v) is 1.81. The van der Waals surface area contributed by atoms with E-state index in [4.69, 9.17) is 4.74 Å². The molecule has 3 nitrogen and oxygen atoms in total. The molecule has 0 radical (unpaired) electrons. The van der Waals surface area contributed by atoms with Crippen LogP contribution in [0.1, 0.15) is 20.3 Å². The summed E-state index contributed by atoms with van der Waals surface area (Å²) in [7, 11) is 4.00. The fraction of sp³-hybridized carbons (Fsp3) is 1.00. The van der Waals surface area contributed by atoms with E-state index < -0.39 is 0 Å². The second-order valence-electron chi connectivity index (χ2n) is 3.91. The zero-order chi connectivity index (χ0) is 9.30. The number of ether oxygens (including phenoxy) is 1. The van der Waals surface area contributed by atoms with Gasteiger partial charge in [0.25, 0.3) is 0 Å². The molecule has 0 spiro atoms. The van der Waals surface area contributed by atoms with Gasteiger partial charge in [-0.25, -0.2) is 0 Å². The average molecular weight is 173 g/mol. The number of rotatable bonds is 1. The van der Waals surface area contributed by atoms with Crippen molar-refractivity contribution in [3.8, 4) is 0 Å². The number of hydrogen-bond acceptors (Lipinski definition) is 3. The van der Waals surface area contributed by atoms with Gasteiger partial charge in [0.15, 0.2) is 0 Å². The van der Waals surface area contributed by atoms with Crippen molar-refractivity contribution in [2.75, 3.05) is 14.1 Å². The van der Waals surface area contributed by atoms with Gasteiger partial charge in [0.1, 0.15) is 0 Å². The summed E-state index contributed by atoms with van der Waals surface area (Å²) in [6.07, 6.45) is 0.784. The first kappa shape index (κ1) is 9.96. The first-order valence-electron chi connectivity index (χ1n) is 4.52. The van der Waals surface area contributed by atoms with Crippen LogP contribution in [0, 0.1) is 0 Å². The Bertz CT molecular complexity index is 149. The zero-order valence-electron chi connectivity index (χ0n) is 8.32. The summed E-state index contributed by atoms with van der Waals surface area (Å²) in [5.74, 6) is 0. The lowest BCUT2D eigenvalue weighted by molar-refractivity contribution is -0.134. The molecule has 72 valence electrons. The minimum absolute atomic E-state index is 0.0406. The largest absolute Gasteiger partial charge is 0.389 e. The highest BCUT2D eigenvalue weighted by Crippen LogP contribution is 2.22. The molecule has 1 saturated heterocycles. The van der Waals surface area contributed by atoms with Crippen LogP contribution in [0.4, 0.5) is 0 Å². The molecule has 2 unspecified atom stereocenters. The zero-order valence-corrected chi connectivity index (χ0v) is 8.32. The summed E-state index contributed by atoms with van der Waals surface area (Å²) in [6, 6.07) is 0.240. The van der Waals surface area contributed by atoms with Crippen molar-refractivity contribution in [1.82, 2.24) is 4.90 Å². The molecule has 1 heterocycles. The van der Waals surface area contributed by atoms with E-state index in [0.717, 1.165) is 6.42 Å². The van der Waals surface area contributed by atoms with Gasteiger partial charge in [0.2, 0.25) is 0 Å². The van der Waals surface area contributed by atoms with Crippen LogP contribution in [0.3, 0.4) is 0 Å². The molecule has 1 aliphatic rings. The summed E-state index contributed by atoms with van der Waals surface area (Å²) in [6.45, 7) is 3.98. The van der Waals surface area contributed by atoms with Gasteiger partial charge in [-0.3, -0.25) is 0 Å². The summed E-state index contributed by atoms with van der Waals surface area (Å²) in [4.78, 5) is 2.07. The van der Waals surface area contributed by atoms with Crippen LogP contribution in [0.25, 0.3) is 0 Å². The average Bonchev–Trinajstić information content (AvgIpc) is 1.96. The quantitative estimate of drug-likeness (QED) is 0.626. The maximum Gasteiger partial charge on any atom is 0.0954 e. The van der Waals surface area contributed by atoms with Crippen molar-refractivity contribution in [2.24, 2.45) is 0 Å². The maximum atomic E-state index is 9.76. The lowest BCUT2D eigenvalue weighted by Crippen LogP contribution is -2.52. The topological polar surface area (TPSA) is 32.7 Å². The van der Waals surface area contributed by atoms with E-state index in [1.807, 2.05) is 21.0 Å². The Morgan fingerprint density at radius 2 is 1.92 bits per heavy atom.